The summed E-state index contributed by atoms with van der Waals surface area (Å²) >= 11 is 3.44. The summed E-state index contributed by atoms with van der Waals surface area (Å²) in [5.74, 6) is 0.886. The van der Waals surface area contributed by atoms with Crippen molar-refractivity contribution < 1.29 is 0 Å². The van der Waals surface area contributed by atoms with Crippen molar-refractivity contribution in [2.24, 2.45) is 4.99 Å². The second-order valence-corrected chi connectivity index (χ2v) is 6.80. The normalized spacial score (nSPS) is 11.1. The fourth-order valence-electron chi connectivity index (χ4n) is 1.81. The van der Waals surface area contributed by atoms with Gasteiger partial charge in [-0.15, -0.1) is 46.7 Å². The van der Waals surface area contributed by atoms with E-state index in [1.54, 1.807) is 22.7 Å². The topological polar surface area (TPSA) is 49.3 Å². The van der Waals surface area contributed by atoms with Crippen LogP contribution in [0.3, 0.4) is 0 Å². The fourth-order valence-corrected chi connectivity index (χ4v) is 3.08. The minimum atomic E-state index is 0. The van der Waals surface area contributed by atoms with Gasteiger partial charge < -0.3 is 10.6 Å². The van der Waals surface area contributed by atoms with Crippen LogP contribution in [0.2, 0.25) is 0 Å². The molecule has 0 saturated carbocycles. The third-order valence-corrected chi connectivity index (χ3v) is 4.54. The number of thiophene rings is 1. The van der Waals surface area contributed by atoms with Crippen molar-refractivity contribution in [1.29, 1.82) is 0 Å². The van der Waals surface area contributed by atoms with Crippen molar-refractivity contribution in [2.75, 3.05) is 13.1 Å². The first-order valence-electron chi connectivity index (χ1n) is 7.23. The monoisotopic (exact) mass is 450 g/mol. The van der Waals surface area contributed by atoms with Gasteiger partial charge in [0.15, 0.2) is 5.96 Å². The van der Waals surface area contributed by atoms with Crippen LogP contribution in [-0.4, -0.2) is 24.0 Å². The second-order valence-electron chi connectivity index (χ2n) is 4.71. The number of halogens is 1. The van der Waals surface area contributed by atoms with Crippen LogP contribution in [-0.2, 0) is 13.0 Å². The van der Waals surface area contributed by atoms with E-state index in [1.165, 1.54) is 4.88 Å². The molecule has 0 aliphatic heterocycles. The maximum atomic E-state index is 4.63. The predicted molar refractivity (Wildman–Crippen MR) is 108 cm³/mol. The van der Waals surface area contributed by atoms with Crippen LogP contribution in [0.1, 0.15) is 28.9 Å². The average Bonchev–Trinajstić information content (AvgIpc) is 3.13. The summed E-state index contributed by atoms with van der Waals surface area (Å²) in [7, 11) is 0. The molecule has 0 radical (unpaired) electrons. The molecule has 0 unspecified atom stereocenters. The lowest BCUT2D eigenvalue weighted by molar-refractivity contribution is 0.761. The van der Waals surface area contributed by atoms with Gasteiger partial charge in [-0.2, -0.15) is 0 Å². The van der Waals surface area contributed by atoms with Crippen LogP contribution in [0.4, 0.5) is 0 Å². The van der Waals surface area contributed by atoms with Crippen molar-refractivity contribution in [2.45, 2.75) is 33.2 Å². The molecule has 0 aliphatic carbocycles. The average molecular weight is 450 g/mol. The number of aryl methyl sites for hydroxylation is 1. The van der Waals surface area contributed by atoms with Gasteiger partial charge in [0.1, 0.15) is 0 Å². The molecular weight excluding hydrogens is 427 g/mol. The Morgan fingerprint density at radius 1 is 1.27 bits per heavy atom. The Morgan fingerprint density at radius 3 is 2.73 bits per heavy atom. The van der Waals surface area contributed by atoms with Gasteiger partial charge in [0.2, 0.25) is 0 Å². The molecule has 4 nitrogen and oxygen atoms in total. The zero-order chi connectivity index (χ0) is 14.9. The number of nitrogens with one attached hydrogen (secondary N) is 2. The molecular formula is C15H23IN4S2. The van der Waals surface area contributed by atoms with Gasteiger partial charge in [0.25, 0.3) is 0 Å². The number of nitrogens with zero attached hydrogens (tertiary/aromatic N) is 2. The van der Waals surface area contributed by atoms with Gasteiger partial charge in [0, 0.05) is 29.8 Å². The lowest BCUT2D eigenvalue weighted by Gasteiger charge is -2.11. The van der Waals surface area contributed by atoms with Crippen LogP contribution in [0.5, 0.6) is 0 Å². The molecule has 7 heteroatoms. The van der Waals surface area contributed by atoms with Crippen molar-refractivity contribution in [3.8, 4) is 0 Å². The number of thiazole rings is 1. The van der Waals surface area contributed by atoms with Crippen LogP contribution >= 0.6 is 46.7 Å². The van der Waals surface area contributed by atoms with Crippen LogP contribution < -0.4 is 10.6 Å². The number of aliphatic imine (C=N–C) groups is 1. The highest BCUT2D eigenvalue weighted by Gasteiger charge is 2.01. The minimum Gasteiger partial charge on any atom is -0.356 e. The molecule has 0 amide bonds. The molecule has 122 valence electrons. The first kappa shape index (κ1) is 19.4. The smallest absolute Gasteiger partial charge is 0.191 e. The molecule has 2 N–H and O–H groups in total. The number of hydrogen-bond acceptors (Lipinski definition) is 4. The van der Waals surface area contributed by atoms with E-state index in [9.17, 15) is 0 Å². The summed E-state index contributed by atoms with van der Waals surface area (Å²) in [6.07, 6.45) is 2.02. The predicted octanol–water partition coefficient (Wildman–Crippen LogP) is 3.82. The Hall–Kier alpha value is -0.670. The summed E-state index contributed by atoms with van der Waals surface area (Å²) in [4.78, 5) is 10.4. The van der Waals surface area contributed by atoms with Gasteiger partial charge in [-0.25, -0.2) is 9.98 Å². The highest BCUT2D eigenvalue weighted by atomic mass is 127. The Bertz CT molecular complexity index is 552. The summed E-state index contributed by atoms with van der Waals surface area (Å²) < 4.78 is 0. The molecule has 0 bridgehead atoms. The molecule has 0 saturated heterocycles. The van der Waals surface area contributed by atoms with Crippen LogP contribution in [0.25, 0.3) is 0 Å². The fraction of sp³-hybridized carbons (Fsp3) is 0.467. The molecule has 22 heavy (non-hydrogen) atoms. The first-order chi connectivity index (χ1) is 10.3. The Balaban J connectivity index is 0.00000242. The van der Waals surface area contributed by atoms with E-state index in [-0.39, 0.29) is 24.0 Å². The second kappa shape index (κ2) is 11.0. The lowest BCUT2D eigenvalue weighted by Crippen LogP contribution is -2.38. The third-order valence-electron chi connectivity index (χ3n) is 2.86. The van der Waals surface area contributed by atoms with E-state index in [4.69, 9.17) is 0 Å². The molecule has 0 fully saturated rings. The molecule has 2 aromatic rings. The SMILES string of the molecule is CCCNC(=NCc1cccs1)NCCc1csc(C)n1.I. The van der Waals surface area contributed by atoms with E-state index in [1.807, 2.05) is 6.92 Å². The molecule has 2 rings (SSSR count). The van der Waals surface area contributed by atoms with Crippen molar-refractivity contribution >= 4 is 52.6 Å². The Morgan fingerprint density at radius 2 is 2.09 bits per heavy atom. The zero-order valence-electron chi connectivity index (χ0n) is 13.0. The Kier molecular flexibility index (Phi) is 9.65. The number of hydrogen-bond donors (Lipinski definition) is 2. The molecule has 0 aliphatic rings. The third kappa shape index (κ3) is 7.06. The van der Waals surface area contributed by atoms with Crippen molar-refractivity contribution in [1.82, 2.24) is 15.6 Å². The van der Waals surface area contributed by atoms with Gasteiger partial charge in [0.05, 0.1) is 17.2 Å². The lowest BCUT2D eigenvalue weighted by atomic mass is 10.3. The highest BCUT2D eigenvalue weighted by molar-refractivity contribution is 14.0. The number of guanidine groups is 1. The maximum absolute atomic E-state index is 4.63. The van der Waals surface area contributed by atoms with Crippen LogP contribution in [0.15, 0.2) is 27.9 Å². The highest BCUT2D eigenvalue weighted by Crippen LogP contribution is 2.09. The maximum Gasteiger partial charge on any atom is 0.191 e. The molecule has 2 aromatic heterocycles. The summed E-state index contributed by atoms with van der Waals surface area (Å²) in [5, 5.41) is 12.1. The van der Waals surface area contributed by atoms with Gasteiger partial charge in [-0.05, 0) is 24.8 Å². The largest absolute Gasteiger partial charge is 0.356 e. The quantitative estimate of drug-likeness (QED) is 0.383. The Labute approximate surface area is 157 Å². The van der Waals surface area contributed by atoms with E-state index < -0.39 is 0 Å². The van der Waals surface area contributed by atoms with E-state index >= 15 is 0 Å². The molecule has 0 atom stereocenters. The van der Waals surface area contributed by atoms with E-state index in [0.29, 0.717) is 0 Å². The molecule has 2 heterocycles. The number of rotatable bonds is 7. The summed E-state index contributed by atoms with van der Waals surface area (Å²) in [5.41, 5.74) is 1.15. The van der Waals surface area contributed by atoms with Crippen LogP contribution in [0, 0.1) is 6.92 Å². The van der Waals surface area contributed by atoms with Gasteiger partial charge in [-0.3, -0.25) is 0 Å². The number of aromatic nitrogens is 1. The van der Waals surface area contributed by atoms with Gasteiger partial charge >= 0.3 is 0 Å². The van der Waals surface area contributed by atoms with Crippen molar-refractivity contribution in [3.63, 3.8) is 0 Å². The van der Waals surface area contributed by atoms with Gasteiger partial charge in [-0.1, -0.05) is 13.0 Å². The molecule has 0 spiro atoms. The summed E-state index contributed by atoms with van der Waals surface area (Å²) in [6, 6.07) is 4.18. The molecule has 0 aromatic carbocycles. The van der Waals surface area contributed by atoms with E-state index in [0.717, 1.165) is 49.1 Å². The standard InChI is InChI=1S/C15H22N4S2.HI/c1-3-7-16-15(18-10-14-5-4-9-20-14)17-8-6-13-11-21-12(2)19-13;/h4-5,9,11H,3,6-8,10H2,1-2H3,(H2,16,17,18);1H. The van der Waals surface area contributed by atoms with E-state index in [2.05, 4.69) is 50.4 Å². The summed E-state index contributed by atoms with van der Waals surface area (Å²) in [6.45, 7) is 6.71. The minimum absolute atomic E-state index is 0. The zero-order valence-corrected chi connectivity index (χ0v) is 16.9. The first-order valence-corrected chi connectivity index (χ1v) is 8.99. The van der Waals surface area contributed by atoms with Crippen molar-refractivity contribution in [3.05, 3.63) is 38.5 Å².